The van der Waals surface area contributed by atoms with Gasteiger partial charge in [0.25, 0.3) is 5.91 Å². The summed E-state index contributed by atoms with van der Waals surface area (Å²) in [6, 6.07) is 12.0. The molecular weight excluding hydrogens is 459 g/mol. The second-order valence-electron chi connectivity index (χ2n) is 7.82. The Balaban J connectivity index is 1.55. The fraction of sp³-hybridized carbons (Fsp3) is 0.200. The number of nitrogens with one attached hydrogen (secondary N) is 2. The lowest BCUT2D eigenvalue weighted by atomic mass is 10.0. The summed E-state index contributed by atoms with van der Waals surface area (Å²) in [5.74, 6) is -1.08. The van der Waals surface area contributed by atoms with Crippen LogP contribution in [0.2, 0.25) is 5.02 Å². The van der Waals surface area contributed by atoms with Gasteiger partial charge in [-0.1, -0.05) is 17.7 Å². The van der Waals surface area contributed by atoms with Crippen LogP contribution in [-0.4, -0.2) is 47.6 Å². The average Bonchev–Trinajstić information content (AvgIpc) is 2.79. The normalized spacial score (nSPS) is 12.6. The van der Waals surface area contributed by atoms with Gasteiger partial charge in [0.2, 0.25) is 0 Å². The van der Waals surface area contributed by atoms with Crippen molar-refractivity contribution in [2.75, 3.05) is 25.5 Å². The Labute approximate surface area is 201 Å². The van der Waals surface area contributed by atoms with Gasteiger partial charge < -0.3 is 15.0 Å². The lowest BCUT2D eigenvalue weighted by Gasteiger charge is -2.33. The van der Waals surface area contributed by atoms with E-state index in [4.69, 9.17) is 21.7 Å². The summed E-state index contributed by atoms with van der Waals surface area (Å²) in [7, 11) is 1.47. The zero-order chi connectivity index (χ0) is 24.2. The summed E-state index contributed by atoms with van der Waals surface area (Å²) in [4.78, 5) is 31.8. The molecule has 0 radical (unpaired) electrons. The van der Waals surface area contributed by atoms with E-state index in [0.717, 1.165) is 19.5 Å². The van der Waals surface area contributed by atoms with Gasteiger partial charge in [-0.15, -0.1) is 0 Å². The van der Waals surface area contributed by atoms with Crippen molar-refractivity contribution in [3.05, 3.63) is 88.0 Å². The molecule has 0 atom stereocenters. The number of amides is 1. The molecule has 1 aliphatic rings. The van der Waals surface area contributed by atoms with Crippen molar-refractivity contribution in [3.8, 4) is 5.75 Å². The Morgan fingerprint density at radius 1 is 1.15 bits per heavy atom. The molecule has 0 saturated carbocycles. The predicted octanol–water partition coefficient (Wildman–Crippen LogP) is 4.59. The Kier molecular flexibility index (Phi) is 6.88. The average molecular weight is 481 g/mol. The predicted molar refractivity (Wildman–Crippen MR) is 128 cm³/mol. The van der Waals surface area contributed by atoms with Crippen LogP contribution in [0, 0.1) is 11.2 Å². The number of likely N-dealkylation sites (tertiary alicyclic amines) is 1. The number of pyridine rings is 1. The Hall–Kier alpha value is -3.78. The Bertz CT molecular complexity index is 1260. The highest BCUT2D eigenvalue weighted by Gasteiger charge is 2.22. The van der Waals surface area contributed by atoms with Crippen LogP contribution in [0.1, 0.15) is 38.4 Å². The van der Waals surface area contributed by atoms with E-state index >= 15 is 0 Å². The molecule has 2 aromatic carbocycles. The lowest BCUT2D eigenvalue weighted by molar-refractivity contribution is 0.0992. The smallest absolute Gasteiger partial charge is 0.258 e. The van der Waals surface area contributed by atoms with Crippen LogP contribution in [0.25, 0.3) is 0 Å². The van der Waals surface area contributed by atoms with Crippen LogP contribution in [0.4, 0.5) is 10.1 Å². The number of halogens is 2. The van der Waals surface area contributed by atoms with Gasteiger partial charge in [-0.3, -0.25) is 20.0 Å². The molecule has 3 aromatic rings. The number of amidine groups is 1. The van der Waals surface area contributed by atoms with Crippen molar-refractivity contribution in [1.82, 2.24) is 9.88 Å². The molecule has 9 heteroatoms. The molecule has 34 heavy (non-hydrogen) atoms. The number of rotatable bonds is 7. The monoisotopic (exact) mass is 480 g/mol. The molecule has 0 bridgehead atoms. The Morgan fingerprint density at radius 3 is 2.56 bits per heavy atom. The summed E-state index contributed by atoms with van der Waals surface area (Å²) in [6.07, 6.45) is 2.43. The molecule has 2 heterocycles. The van der Waals surface area contributed by atoms with E-state index in [1.807, 2.05) is 4.90 Å². The van der Waals surface area contributed by atoms with Crippen molar-refractivity contribution < 1.29 is 18.7 Å². The number of Topliss-reactive ketones (excluding diaryl/α,β-unsaturated/α-hetero) is 1. The molecule has 1 fully saturated rings. The van der Waals surface area contributed by atoms with E-state index in [1.165, 1.54) is 37.6 Å². The minimum atomic E-state index is -0.743. The number of methoxy groups -OCH3 is 1. The third-order valence-electron chi connectivity index (χ3n) is 5.57. The number of hydrogen-bond donors (Lipinski definition) is 2. The van der Waals surface area contributed by atoms with Crippen LogP contribution in [-0.2, 0) is 6.42 Å². The highest BCUT2D eigenvalue weighted by Crippen LogP contribution is 2.25. The van der Waals surface area contributed by atoms with Crippen LogP contribution in [0.15, 0.2) is 54.7 Å². The maximum Gasteiger partial charge on any atom is 0.258 e. The molecule has 0 unspecified atom stereocenters. The van der Waals surface area contributed by atoms with Crippen molar-refractivity contribution in [2.24, 2.45) is 0 Å². The zero-order valence-corrected chi connectivity index (χ0v) is 19.2. The number of aromatic nitrogens is 1. The fourth-order valence-electron chi connectivity index (χ4n) is 3.52. The number of carbonyl (C=O) groups excluding carboxylic acids is 2. The van der Waals surface area contributed by atoms with Gasteiger partial charge in [-0.25, -0.2) is 4.39 Å². The SMILES string of the molecule is COc1ccc(NC(=O)c2ccc(C(=N)N3CCC3)cc2F)c(C(=O)Cc2ccc(Cl)cn2)c1. The van der Waals surface area contributed by atoms with Gasteiger partial charge in [0.1, 0.15) is 17.4 Å². The molecule has 2 N–H and O–H groups in total. The van der Waals surface area contributed by atoms with Crippen LogP contribution >= 0.6 is 11.6 Å². The van der Waals surface area contributed by atoms with Crippen molar-refractivity contribution in [3.63, 3.8) is 0 Å². The minimum Gasteiger partial charge on any atom is -0.497 e. The minimum absolute atomic E-state index is 0.0190. The molecule has 0 aliphatic carbocycles. The molecule has 1 amide bonds. The van der Waals surface area contributed by atoms with Crippen molar-refractivity contribution >= 4 is 34.8 Å². The van der Waals surface area contributed by atoms with Gasteiger partial charge in [0.05, 0.1) is 29.8 Å². The highest BCUT2D eigenvalue weighted by atomic mass is 35.5. The summed E-state index contributed by atoms with van der Waals surface area (Å²) in [5, 5.41) is 11.2. The fourth-order valence-corrected chi connectivity index (χ4v) is 3.63. The van der Waals surface area contributed by atoms with E-state index in [9.17, 15) is 14.0 Å². The number of nitrogens with zero attached hydrogens (tertiary/aromatic N) is 2. The molecule has 0 spiro atoms. The van der Waals surface area contributed by atoms with E-state index < -0.39 is 11.7 Å². The maximum absolute atomic E-state index is 14.8. The molecule has 174 valence electrons. The first kappa shape index (κ1) is 23.4. The van der Waals surface area contributed by atoms with E-state index in [2.05, 4.69) is 10.3 Å². The maximum atomic E-state index is 14.8. The quantitative estimate of drug-likeness (QED) is 0.293. The molecule has 1 saturated heterocycles. The second kappa shape index (κ2) is 10.0. The zero-order valence-electron chi connectivity index (χ0n) is 18.4. The molecular formula is C25H22ClFN4O3. The molecule has 1 aromatic heterocycles. The van der Waals surface area contributed by atoms with Gasteiger partial charge in [0.15, 0.2) is 5.78 Å². The van der Waals surface area contributed by atoms with Gasteiger partial charge in [-0.2, -0.15) is 0 Å². The molecule has 4 rings (SSSR count). The summed E-state index contributed by atoms with van der Waals surface area (Å²) < 4.78 is 20.0. The first-order chi connectivity index (χ1) is 16.4. The van der Waals surface area contributed by atoms with E-state index in [0.29, 0.717) is 22.0 Å². The van der Waals surface area contributed by atoms with Crippen molar-refractivity contribution in [2.45, 2.75) is 12.8 Å². The summed E-state index contributed by atoms with van der Waals surface area (Å²) in [6.45, 7) is 1.53. The van der Waals surface area contributed by atoms with Gasteiger partial charge in [0, 0.05) is 36.1 Å². The van der Waals surface area contributed by atoms with Crippen molar-refractivity contribution in [1.29, 1.82) is 5.41 Å². The standard InChI is InChI=1S/C25H22ClFN4O3/c1-34-18-6-8-22(20(13-18)23(32)12-17-5-4-16(26)14-29-17)30-25(33)19-7-3-15(11-21(19)27)24(28)31-9-2-10-31/h3-8,11,13-14,28H,2,9-10,12H2,1H3,(H,30,33). The number of ketones is 1. The van der Waals surface area contributed by atoms with E-state index in [1.54, 1.807) is 24.3 Å². The summed E-state index contributed by atoms with van der Waals surface area (Å²) in [5.41, 5.74) is 1.17. The Morgan fingerprint density at radius 2 is 1.94 bits per heavy atom. The first-order valence-electron chi connectivity index (χ1n) is 10.6. The second-order valence-corrected chi connectivity index (χ2v) is 8.25. The molecule has 1 aliphatic heterocycles. The number of hydrogen-bond acceptors (Lipinski definition) is 5. The number of anilines is 1. The number of benzene rings is 2. The lowest BCUT2D eigenvalue weighted by Crippen LogP contribution is -2.42. The third-order valence-corrected chi connectivity index (χ3v) is 5.79. The highest BCUT2D eigenvalue weighted by molar-refractivity contribution is 6.30. The van der Waals surface area contributed by atoms with E-state index in [-0.39, 0.29) is 34.9 Å². The topological polar surface area (TPSA) is 95.4 Å². The van der Waals surface area contributed by atoms with Crippen LogP contribution in [0.3, 0.4) is 0 Å². The third kappa shape index (κ3) is 5.07. The largest absolute Gasteiger partial charge is 0.497 e. The molecule has 7 nitrogen and oxygen atoms in total. The summed E-state index contributed by atoms with van der Waals surface area (Å²) >= 11 is 5.85. The number of carbonyl (C=O) groups is 2. The van der Waals surface area contributed by atoms with Crippen LogP contribution in [0.5, 0.6) is 5.75 Å². The van der Waals surface area contributed by atoms with Gasteiger partial charge >= 0.3 is 0 Å². The first-order valence-corrected chi connectivity index (χ1v) is 11.0. The van der Waals surface area contributed by atoms with Crippen LogP contribution < -0.4 is 10.1 Å². The number of ether oxygens (including phenoxy) is 1. The van der Waals surface area contributed by atoms with Gasteiger partial charge in [-0.05, 0) is 48.9 Å².